The number of benzene rings is 1. The first-order valence-corrected chi connectivity index (χ1v) is 7.25. The van der Waals surface area contributed by atoms with Gasteiger partial charge in [0.2, 0.25) is 0 Å². The average molecular weight is 344 g/mol. The number of carbonyl (C=O) groups excluding carboxylic acids is 1. The molecular weight excluding hydrogens is 322 g/mol. The SMILES string of the molecule is COCC1(CNC(=O)c2cc([N+](=O)[O-])ccc2C)CCCN1.Cl. The molecule has 8 heteroatoms. The number of nitro groups is 1. The minimum absolute atomic E-state index is 0. The lowest BCUT2D eigenvalue weighted by molar-refractivity contribution is -0.384. The third kappa shape index (κ3) is 4.63. The number of hydrogen-bond donors (Lipinski definition) is 2. The first kappa shape index (κ1) is 19.3. The van der Waals surface area contributed by atoms with E-state index < -0.39 is 4.92 Å². The maximum atomic E-state index is 12.3. The Bertz CT molecular complexity index is 574. The highest BCUT2D eigenvalue weighted by molar-refractivity contribution is 5.96. The fraction of sp³-hybridized carbons (Fsp3) is 0.533. The highest BCUT2D eigenvalue weighted by Crippen LogP contribution is 2.20. The van der Waals surface area contributed by atoms with Gasteiger partial charge in [0, 0.05) is 31.4 Å². The largest absolute Gasteiger partial charge is 0.383 e. The number of aryl methyl sites for hydroxylation is 1. The van der Waals surface area contributed by atoms with E-state index in [9.17, 15) is 14.9 Å². The second kappa shape index (κ2) is 8.24. The molecule has 0 saturated carbocycles. The Morgan fingerprint density at radius 3 is 2.83 bits per heavy atom. The molecule has 1 aliphatic heterocycles. The second-order valence-corrected chi connectivity index (χ2v) is 5.68. The Kier molecular flexibility index (Phi) is 6.93. The molecule has 1 saturated heterocycles. The Labute approximate surface area is 141 Å². The molecule has 1 aromatic rings. The lowest BCUT2D eigenvalue weighted by Gasteiger charge is -2.29. The molecule has 1 heterocycles. The van der Waals surface area contributed by atoms with Crippen molar-refractivity contribution in [3.8, 4) is 0 Å². The van der Waals surface area contributed by atoms with Crippen molar-refractivity contribution >= 4 is 24.0 Å². The number of carbonyl (C=O) groups is 1. The van der Waals surface area contributed by atoms with Crippen molar-refractivity contribution in [2.45, 2.75) is 25.3 Å². The van der Waals surface area contributed by atoms with Crippen LogP contribution in [0.3, 0.4) is 0 Å². The van der Waals surface area contributed by atoms with Crippen LogP contribution in [-0.2, 0) is 4.74 Å². The van der Waals surface area contributed by atoms with Crippen LogP contribution in [-0.4, -0.2) is 43.2 Å². The van der Waals surface area contributed by atoms with Gasteiger partial charge in [-0.15, -0.1) is 12.4 Å². The van der Waals surface area contributed by atoms with E-state index in [1.54, 1.807) is 20.1 Å². The van der Waals surface area contributed by atoms with Gasteiger partial charge in [-0.25, -0.2) is 0 Å². The Hall–Kier alpha value is -1.70. The van der Waals surface area contributed by atoms with Crippen LogP contribution in [0.25, 0.3) is 0 Å². The summed E-state index contributed by atoms with van der Waals surface area (Å²) < 4.78 is 5.24. The minimum Gasteiger partial charge on any atom is -0.383 e. The van der Waals surface area contributed by atoms with Crippen LogP contribution in [0.1, 0.15) is 28.8 Å². The molecule has 2 N–H and O–H groups in total. The fourth-order valence-corrected chi connectivity index (χ4v) is 2.78. The van der Waals surface area contributed by atoms with Crippen LogP contribution in [0.5, 0.6) is 0 Å². The van der Waals surface area contributed by atoms with Gasteiger partial charge in [0.15, 0.2) is 0 Å². The molecule has 0 aliphatic carbocycles. The van der Waals surface area contributed by atoms with Crippen molar-refractivity contribution in [1.29, 1.82) is 0 Å². The zero-order valence-electron chi connectivity index (χ0n) is 13.3. The molecule has 0 spiro atoms. The van der Waals surface area contributed by atoms with E-state index in [1.165, 1.54) is 12.1 Å². The van der Waals surface area contributed by atoms with Crippen LogP contribution >= 0.6 is 12.4 Å². The van der Waals surface area contributed by atoms with E-state index in [4.69, 9.17) is 4.74 Å². The van der Waals surface area contributed by atoms with Crippen molar-refractivity contribution in [3.63, 3.8) is 0 Å². The molecule has 1 atom stereocenters. The van der Waals surface area contributed by atoms with E-state index in [-0.39, 0.29) is 29.5 Å². The summed E-state index contributed by atoms with van der Waals surface area (Å²) in [5, 5.41) is 17.1. The number of amides is 1. The Morgan fingerprint density at radius 1 is 1.52 bits per heavy atom. The smallest absolute Gasteiger partial charge is 0.270 e. The summed E-state index contributed by atoms with van der Waals surface area (Å²) in [6.07, 6.45) is 1.96. The summed E-state index contributed by atoms with van der Waals surface area (Å²) in [4.78, 5) is 22.7. The van der Waals surface area contributed by atoms with Gasteiger partial charge in [-0.2, -0.15) is 0 Å². The molecule has 1 fully saturated rings. The summed E-state index contributed by atoms with van der Waals surface area (Å²) in [7, 11) is 1.63. The summed E-state index contributed by atoms with van der Waals surface area (Å²) in [6, 6.07) is 4.30. The van der Waals surface area contributed by atoms with Crippen molar-refractivity contribution in [1.82, 2.24) is 10.6 Å². The number of nitrogens with zero attached hydrogens (tertiary/aromatic N) is 1. The predicted octanol–water partition coefficient (Wildman–Crippen LogP) is 1.82. The number of rotatable bonds is 6. The third-order valence-corrected chi connectivity index (χ3v) is 4.02. The summed E-state index contributed by atoms with van der Waals surface area (Å²) in [6.45, 7) is 3.61. The van der Waals surface area contributed by atoms with Crippen LogP contribution in [0.2, 0.25) is 0 Å². The molecule has 2 rings (SSSR count). The fourth-order valence-electron chi connectivity index (χ4n) is 2.78. The maximum absolute atomic E-state index is 12.3. The van der Waals surface area contributed by atoms with Gasteiger partial charge < -0.3 is 15.4 Å². The first-order chi connectivity index (χ1) is 10.5. The van der Waals surface area contributed by atoms with E-state index in [0.717, 1.165) is 19.4 Å². The number of ether oxygens (including phenoxy) is 1. The molecule has 0 bridgehead atoms. The highest BCUT2D eigenvalue weighted by Gasteiger charge is 2.34. The number of methoxy groups -OCH3 is 1. The molecule has 128 valence electrons. The van der Waals surface area contributed by atoms with Crippen molar-refractivity contribution < 1.29 is 14.5 Å². The number of hydrogen-bond acceptors (Lipinski definition) is 5. The van der Waals surface area contributed by atoms with E-state index in [1.807, 2.05) is 0 Å². The highest BCUT2D eigenvalue weighted by atomic mass is 35.5. The molecule has 7 nitrogen and oxygen atoms in total. The van der Waals surface area contributed by atoms with Gasteiger partial charge in [-0.3, -0.25) is 14.9 Å². The van der Waals surface area contributed by atoms with Gasteiger partial charge in [-0.1, -0.05) is 6.07 Å². The minimum atomic E-state index is -0.499. The molecule has 1 unspecified atom stereocenters. The summed E-state index contributed by atoms with van der Waals surface area (Å²) in [5.41, 5.74) is 0.711. The standard InChI is InChI=1S/C15H21N3O4.ClH/c1-11-4-5-12(18(20)21)8-13(11)14(19)16-9-15(10-22-2)6-3-7-17-15;/h4-5,8,17H,3,6-7,9-10H2,1-2H3,(H,16,19);1H. The van der Waals surface area contributed by atoms with Crippen molar-refractivity contribution in [2.75, 3.05) is 26.8 Å². The van der Waals surface area contributed by atoms with Crippen LogP contribution in [0, 0.1) is 17.0 Å². The Balaban J connectivity index is 0.00000264. The molecule has 1 aliphatic rings. The van der Waals surface area contributed by atoms with Gasteiger partial charge in [0.05, 0.1) is 17.1 Å². The molecule has 0 radical (unpaired) electrons. The third-order valence-electron chi connectivity index (χ3n) is 4.02. The zero-order valence-corrected chi connectivity index (χ0v) is 14.1. The van der Waals surface area contributed by atoms with Gasteiger partial charge in [-0.05, 0) is 31.9 Å². The number of nitro benzene ring substituents is 1. The molecule has 1 aromatic carbocycles. The van der Waals surface area contributed by atoms with Gasteiger partial charge >= 0.3 is 0 Å². The number of nitrogens with one attached hydrogen (secondary N) is 2. The predicted molar refractivity (Wildman–Crippen MR) is 89.3 cm³/mol. The zero-order chi connectivity index (χ0) is 16.2. The van der Waals surface area contributed by atoms with E-state index >= 15 is 0 Å². The molecule has 0 aromatic heterocycles. The molecule has 1 amide bonds. The van der Waals surface area contributed by atoms with Crippen molar-refractivity contribution in [3.05, 3.63) is 39.4 Å². The van der Waals surface area contributed by atoms with Crippen LogP contribution in [0.4, 0.5) is 5.69 Å². The van der Waals surface area contributed by atoms with Gasteiger partial charge in [0.25, 0.3) is 11.6 Å². The lowest BCUT2D eigenvalue weighted by Crippen LogP contribution is -2.53. The Morgan fingerprint density at radius 2 is 2.26 bits per heavy atom. The van der Waals surface area contributed by atoms with E-state index in [2.05, 4.69) is 10.6 Å². The first-order valence-electron chi connectivity index (χ1n) is 7.25. The number of non-ortho nitro benzene ring substituents is 1. The van der Waals surface area contributed by atoms with Crippen LogP contribution in [0.15, 0.2) is 18.2 Å². The lowest BCUT2D eigenvalue weighted by atomic mass is 9.98. The average Bonchev–Trinajstić information content (AvgIpc) is 2.94. The second-order valence-electron chi connectivity index (χ2n) is 5.68. The molecular formula is C15H22ClN3O4. The van der Waals surface area contributed by atoms with Crippen molar-refractivity contribution in [2.24, 2.45) is 0 Å². The number of halogens is 1. The summed E-state index contributed by atoms with van der Waals surface area (Å²) in [5.74, 6) is -0.301. The maximum Gasteiger partial charge on any atom is 0.270 e. The van der Waals surface area contributed by atoms with E-state index in [0.29, 0.717) is 24.3 Å². The topological polar surface area (TPSA) is 93.5 Å². The quantitative estimate of drug-likeness (QED) is 0.607. The van der Waals surface area contributed by atoms with Crippen LogP contribution < -0.4 is 10.6 Å². The normalized spacial score (nSPS) is 19.9. The summed E-state index contributed by atoms with van der Waals surface area (Å²) >= 11 is 0. The molecule has 23 heavy (non-hydrogen) atoms. The van der Waals surface area contributed by atoms with Gasteiger partial charge in [0.1, 0.15) is 0 Å². The monoisotopic (exact) mass is 343 g/mol.